The fourth-order valence-corrected chi connectivity index (χ4v) is 2.36. The molecular formula is C14H27IN4O2S. The van der Waals surface area contributed by atoms with Crippen molar-refractivity contribution in [2.45, 2.75) is 26.3 Å². The third kappa shape index (κ3) is 9.54. The number of rotatable bonds is 10. The molecule has 8 heteroatoms. The summed E-state index contributed by atoms with van der Waals surface area (Å²) in [6.45, 7) is 5.64. The SMILES string of the molecule is CCc1nc(CNC(=NC)NCCCOCCOC)cs1.I. The van der Waals surface area contributed by atoms with E-state index in [1.165, 1.54) is 5.01 Å². The molecule has 0 aliphatic rings. The molecule has 0 fully saturated rings. The Balaban J connectivity index is 0.00000441. The Labute approximate surface area is 154 Å². The number of nitrogens with zero attached hydrogens (tertiary/aromatic N) is 2. The van der Waals surface area contributed by atoms with E-state index in [2.05, 4.69) is 32.9 Å². The lowest BCUT2D eigenvalue weighted by atomic mass is 10.4. The van der Waals surface area contributed by atoms with Crippen molar-refractivity contribution >= 4 is 41.3 Å². The minimum atomic E-state index is 0. The molecule has 0 amide bonds. The van der Waals surface area contributed by atoms with E-state index in [9.17, 15) is 0 Å². The van der Waals surface area contributed by atoms with Crippen LogP contribution in [0.15, 0.2) is 10.4 Å². The van der Waals surface area contributed by atoms with E-state index in [0.717, 1.165) is 37.6 Å². The molecule has 1 aromatic rings. The van der Waals surface area contributed by atoms with Gasteiger partial charge in [-0.05, 0) is 12.8 Å². The first-order chi connectivity index (χ1) is 10.3. The van der Waals surface area contributed by atoms with Gasteiger partial charge in [0.2, 0.25) is 0 Å². The molecule has 1 rings (SSSR count). The predicted octanol–water partition coefficient (Wildman–Crippen LogP) is 2.04. The van der Waals surface area contributed by atoms with E-state index < -0.39 is 0 Å². The third-order valence-electron chi connectivity index (χ3n) is 2.75. The van der Waals surface area contributed by atoms with Gasteiger partial charge >= 0.3 is 0 Å². The molecule has 22 heavy (non-hydrogen) atoms. The highest BCUT2D eigenvalue weighted by atomic mass is 127. The fraction of sp³-hybridized carbons (Fsp3) is 0.714. The highest BCUT2D eigenvalue weighted by Crippen LogP contribution is 2.09. The van der Waals surface area contributed by atoms with Crippen LogP contribution < -0.4 is 10.6 Å². The number of aliphatic imine (C=N–C) groups is 1. The molecule has 0 radical (unpaired) electrons. The van der Waals surface area contributed by atoms with Crippen LogP contribution >= 0.6 is 35.3 Å². The zero-order valence-electron chi connectivity index (χ0n) is 13.6. The first-order valence-corrected chi connectivity index (χ1v) is 8.12. The standard InChI is InChI=1S/C14H26N4O2S.HI/c1-4-13-18-12(11-21-13)10-17-14(15-2)16-6-5-7-20-9-8-19-3;/h11H,4-10H2,1-3H3,(H2,15,16,17);1H. The van der Waals surface area contributed by atoms with Crippen molar-refractivity contribution in [3.05, 3.63) is 16.1 Å². The van der Waals surface area contributed by atoms with Gasteiger partial charge in [-0.15, -0.1) is 35.3 Å². The Morgan fingerprint density at radius 2 is 2.14 bits per heavy atom. The molecule has 0 aromatic carbocycles. The average Bonchev–Trinajstić information content (AvgIpc) is 2.97. The van der Waals surface area contributed by atoms with Crippen LogP contribution in [0.2, 0.25) is 0 Å². The Morgan fingerprint density at radius 3 is 2.77 bits per heavy atom. The Bertz CT molecular complexity index is 415. The van der Waals surface area contributed by atoms with Crippen molar-refractivity contribution in [3.8, 4) is 0 Å². The van der Waals surface area contributed by atoms with Gasteiger partial charge in [0.1, 0.15) is 0 Å². The van der Waals surface area contributed by atoms with Gasteiger partial charge in [0.05, 0.1) is 30.5 Å². The first kappa shape index (κ1) is 21.6. The molecule has 0 aliphatic carbocycles. The van der Waals surface area contributed by atoms with Crippen LogP contribution in [-0.4, -0.2) is 51.5 Å². The van der Waals surface area contributed by atoms with Gasteiger partial charge in [-0.3, -0.25) is 4.99 Å². The topological polar surface area (TPSA) is 67.8 Å². The minimum Gasteiger partial charge on any atom is -0.382 e. The lowest BCUT2D eigenvalue weighted by Crippen LogP contribution is -2.37. The summed E-state index contributed by atoms with van der Waals surface area (Å²) in [5, 5.41) is 9.77. The Kier molecular flexibility index (Phi) is 13.9. The molecule has 0 saturated carbocycles. The summed E-state index contributed by atoms with van der Waals surface area (Å²) >= 11 is 1.70. The van der Waals surface area contributed by atoms with Crippen LogP contribution in [0, 0.1) is 0 Å². The molecule has 128 valence electrons. The highest BCUT2D eigenvalue weighted by Gasteiger charge is 2.02. The number of guanidine groups is 1. The van der Waals surface area contributed by atoms with Crippen molar-refractivity contribution in [2.75, 3.05) is 40.5 Å². The molecule has 6 nitrogen and oxygen atoms in total. The zero-order valence-corrected chi connectivity index (χ0v) is 16.7. The van der Waals surface area contributed by atoms with Crippen LogP contribution in [0.25, 0.3) is 0 Å². The lowest BCUT2D eigenvalue weighted by molar-refractivity contribution is 0.0698. The van der Waals surface area contributed by atoms with E-state index in [1.54, 1.807) is 25.5 Å². The summed E-state index contributed by atoms with van der Waals surface area (Å²) in [6.07, 6.45) is 1.92. The maximum Gasteiger partial charge on any atom is 0.191 e. The second-order valence-corrected chi connectivity index (χ2v) is 5.34. The first-order valence-electron chi connectivity index (χ1n) is 7.24. The van der Waals surface area contributed by atoms with Gasteiger partial charge in [-0.25, -0.2) is 4.98 Å². The van der Waals surface area contributed by atoms with Gasteiger partial charge < -0.3 is 20.1 Å². The van der Waals surface area contributed by atoms with Crippen molar-refractivity contribution in [1.82, 2.24) is 15.6 Å². The van der Waals surface area contributed by atoms with Crippen molar-refractivity contribution in [2.24, 2.45) is 4.99 Å². The highest BCUT2D eigenvalue weighted by molar-refractivity contribution is 14.0. The lowest BCUT2D eigenvalue weighted by Gasteiger charge is -2.11. The second kappa shape index (κ2) is 14.2. The summed E-state index contributed by atoms with van der Waals surface area (Å²) in [5.41, 5.74) is 1.06. The summed E-state index contributed by atoms with van der Waals surface area (Å²) in [6, 6.07) is 0. The van der Waals surface area contributed by atoms with E-state index in [4.69, 9.17) is 9.47 Å². The number of ether oxygens (including phenoxy) is 2. The molecule has 0 atom stereocenters. The van der Waals surface area contributed by atoms with Gasteiger partial charge in [0.25, 0.3) is 0 Å². The molecule has 1 heterocycles. The molecule has 0 aliphatic heterocycles. The van der Waals surface area contributed by atoms with Gasteiger partial charge in [-0.2, -0.15) is 0 Å². The summed E-state index contributed by atoms with van der Waals surface area (Å²) < 4.78 is 10.3. The normalized spacial score (nSPS) is 11.1. The van der Waals surface area contributed by atoms with Crippen molar-refractivity contribution in [1.29, 1.82) is 0 Å². The second-order valence-electron chi connectivity index (χ2n) is 4.40. The third-order valence-corrected chi connectivity index (χ3v) is 3.79. The van der Waals surface area contributed by atoms with E-state index in [-0.39, 0.29) is 24.0 Å². The van der Waals surface area contributed by atoms with Crippen molar-refractivity contribution < 1.29 is 9.47 Å². The van der Waals surface area contributed by atoms with E-state index >= 15 is 0 Å². The molecule has 0 unspecified atom stereocenters. The average molecular weight is 442 g/mol. The fourth-order valence-electron chi connectivity index (χ4n) is 1.61. The van der Waals surface area contributed by atoms with E-state index in [0.29, 0.717) is 19.8 Å². The maximum atomic E-state index is 5.40. The van der Waals surface area contributed by atoms with Gasteiger partial charge in [0.15, 0.2) is 5.96 Å². The summed E-state index contributed by atoms with van der Waals surface area (Å²) in [5.74, 6) is 0.790. The molecule has 1 aromatic heterocycles. The van der Waals surface area contributed by atoms with Crippen LogP contribution in [0.5, 0.6) is 0 Å². The molecule has 0 bridgehead atoms. The molecule has 0 saturated heterocycles. The number of thiazole rings is 1. The minimum absolute atomic E-state index is 0. The van der Waals surface area contributed by atoms with Crippen molar-refractivity contribution in [3.63, 3.8) is 0 Å². The number of aryl methyl sites for hydroxylation is 1. The van der Waals surface area contributed by atoms with Crippen LogP contribution in [0.1, 0.15) is 24.0 Å². The van der Waals surface area contributed by atoms with Gasteiger partial charge in [0, 0.05) is 32.7 Å². The van der Waals surface area contributed by atoms with E-state index in [1.807, 2.05) is 0 Å². The van der Waals surface area contributed by atoms with Crippen LogP contribution in [-0.2, 0) is 22.4 Å². The maximum absolute atomic E-state index is 5.40. The number of methoxy groups -OCH3 is 1. The number of halogens is 1. The van der Waals surface area contributed by atoms with Crippen LogP contribution in [0.3, 0.4) is 0 Å². The molecular weight excluding hydrogens is 415 g/mol. The zero-order chi connectivity index (χ0) is 15.3. The number of hydrogen-bond acceptors (Lipinski definition) is 5. The van der Waals surface area contributed by atoms with Gasteiger partial charge in [-0.1, -0.05) is 6.92 Å². The largest absolute Gasteiger partial charge is 0.382 e. The quantitative estimate of drug-likeness (QED) is 0.251. The number of aromatic nitrogens is 1. The molecule has 0 spiro atoms. The molecule has 2 N–H and O–H groups in total. The predicted molar refractivity (Wildman–Crippen MR) is 102 cm³/mol. The number of hydrogen-bond donors (Lipinski definition) is 2. The Hall–Kier alpha value is -0.450. The monoisotopic (exact) mass is 442 g/mol. The van der Waals surface area contributed by atoms with Crippen LogP contribution in [0.4, 0.5) is 0 Å². The summed E-state index contributed by atoms with van der Waals surface area (Å²) in [7, 11) is 3.44. The Morgan fingerprint density at radius 1 is 1.32 bits per heavy atom. The summed E-state index contributed by atoms with van der Waals surface area (Å²) in [4.78, 5) is 8.70. The smallest absolute Gasteiger partial charge is 0.191 e. The number of nitrogens with one attached hydrogen (secondary N) is 2.